The lowest BCUT2D eigenvalue weighted by molar-refractivity contribution is -0.105. The predicted octanol–water partition coefficient (Wildman–Crippen LogP) is 6.09. The summed E-state index contributed by atoms with van der Waals surface area (Å²) in [5.74, 6) is 0.00240. The number of nitrogens with zero attached hydrogens (tertiary/aromatic N) is 2. The Hall–Kier alpha value is -4.21. The molecule has 4 aromatic rings. The monoisotopic (exact) mass is 590 g/mol. The fourth-order valence-corrected chi connectivity index (χ4v) is 4.27. The first-order valence-electron chi connectivity index (χ1n) is 11.6. The number of halogens is 2. The van der Waals surface area contributed by atoms with Gasteiger partial charge < -0.3 is 16.0 Å². The first-order chi connectivity index (χ1) is 18.4. The van der Waals surface area contributed by atoms with Crippen LogP contribution < -0.4 is 16.0 Å². The van der Waals surface area contributed by atoms with Crippen LogP contribution >= 0.6 is 27.5 Å². The fraction of sp³-hybridized carbons (Fsp3) is 0.0714. The van der Waals surface area contributed by atoms with Gasteiger partial charge in [0.25, 0.3) is 5.91 Å². The lowest BCUT2D eigenvalue weighted by Crippen LogP contribution is -2.32. The highest BCUT2D eigenvalue weighted by atomic mass is 79.9. The summed E-state index contributed by atoms with van der Waals surface area (Å²) in [4.78, 5) is 29.1. The number of carbonyl (C=O) groups excluding carboxylic acids is 2. The van der Waals surface area contributed by atoms with Gasteiger partial charge in [-0.25, -0.2) is 0 Å². The van der Waals surface area contributed by atoms with Gasteiger partial charge in [0.2, 0.25) is 6.41 Å². The minimum absolute atomic E-state index is 0.225. The van der Waals surface area contributed by atoms with Gasteiger partial charge in [-0.2, -0.15) is 5.10 Å². The van der Waals surface area contributed by atoms with Gasteiger partial charge >= 0.3 is 0 Å². The van der Waals surface area contributed by atoms with Gasteiger partial charge in [-0.05, 0) is 46.6 Å². The second kappa shape index (κ2) is 12.4. The van der Waals surface area contributed by atoms with E-state index in [2.05, 4.69) is 48.7 Å². The van der Waals surface area contributed by atoms with Crippen molar-refractivity contribution in [1.29, 1.82) is 0 Å². The Balaban J connectivity index is 1.55. The molecule has 10 heteroatoms. The highest BCUT2D eigenvalue weighted by Gasteiger charge is 2.20. The maximum absolute atomic E-state index is 13.1. The molecule has 4 rings (SSSR count). The lowest BCUT2D eigenvalue weighted by Gasteiger charge is -2.16. The van der Waals surface area contributed by atoms with Crippen LogP contribution in [0.2, 0.25) is 5.02 Å². The number of H-pyrrole nitrogens is 1. The average Bonchev–Trinajstić information content (AvgIpc) is 3.28. The van der Waals surface area contributed by atoms with Crippen molar-refractivity contribution in [3.63, 3.8) is 0 Å². The summed E-state index contributed by atoms with van der Waals surface area (Å²) in [6, 6.07) is 24.1. The Labute approximate surface area is 233 Å². The van der Waals surface area contributed by atoms with Gasteiger partial charge in [0.1, 0.15) is 11.9 Å². The summed E-state index contributed by atoms with van der Waals surface area (Å²) < 4.78 is 0.449. The molecule has 0 saturated carbocycles. The van der Waals surface area contributed by atoms with E-state index in [9.17, 15) is 9.59 Å². The topological polar surface area (TPSA) is 111 Å². The lowest BCUT2D eigenvalue weighted by atomic mass is 10.0. The van der Waals surface area contributed by atoms with Crippen LogP contribution in [0.3, 0.4) is 0 Å². The number of benzene rings is 3. The Morgan fingerprint density at radius 3 is 2.45 bits per heavy atom. The zero-order valence-electron chi connectivity index (χ0n) is 20.3. The molecule has 1 heterocycles. The predicted molar refractivity (Wildman–Crippen MR) is 156 cm³/mol. The number of nitrogens with one attached hydrogen (secondary N) is 4. The van der Waals surface area contributed by atoms with E-state index in [-0.39, 0.29) is 5.69 Å². The average molecular weight is 592 g/mol. The van der Waals surface area contributed by atoms with E-state index in [1.807, 2.05) is 60.7 Å². The number of anilines is 2. The Morgan fingerprint density at radius 2 is 1.74 bits per heavy atom. The number of para-hydroxylation sites is 1. The molecule has 0 saturated heterocycles. The zero-order chi connectivity index (χ0) is 27.1. The molecule has 0 radical (unpaired) electrons. The molecule has 0 fully saturated rings. The number of amides is 2. The molecule has 0 aliphatic carbocycles. The van der Waals surface area contributed by atoms with E-state index in [1.165, 1.54) is 0 Å². The summed E-state index contributed by atoms with van der Waals surface area (Å²) in [5, 5.41) is 16.3. The molecule has 0 aliphatic heterocycles. The summed E-state index contributed by atoms with van der Waals surface area (Å²) in [5.41, 5.74) is 4.43. The van der Waals surface area contributed by atoms with Crippen molar-refractivity contribution in [2.45, 2.75) is 13.1 Å². The molecule has 0 bridgehead atoms. The summed E-state index contributed by atoms with van der Waals surface area (Å²) in [7, 11) is 0. The molecule has 0 spiro atoms. The SMILES string of the molecule is C=C(Nc1n[nH]c(C(=O)NC(C)/N=C(/c2ccccc2)c2ccccc2NC=O)c1Br)c1ccc(Cl)cc1. The van der Waals surface area contributed by atoms with Gasteiger partial charge in [-0.1, -0.05) is 78.8 Å². The molecule has 4 N–H and O–H groups in total. The molecular weight excluding hydrogens is 568 g/mol. The number of hydrogen-bond acceptors (Lipinski definition) is 5. The van der Waals surface area contributed by atoms with Gasteiger partial charge in [-0.3, -0.25) is 19.7 Å². The van der Waals surface area contributed by atoms with Crippen molar-refractivity contribution < 1.29 is 9.59 Å². The zero-order valence-corrected chi connectivity index (χ0v) is 22.7. The molecule has 1 atom stereocenters. The number of aromatic amines is 1. The maximum Gasteiger partial charge on any atom is 0.272 e. The fourth-order valence-electron chi connectivity index (χ4n) is 3.69. The van der Waals surface area contributed by atoms with E-state index in [1.54, 1.807) is 25.1 Å². The van der Waals surface area contributed by atoms with Crippen LogP contribution in [-0.2, 0) is 4.79 Å². The first-order valence-corrected chi connectivity index (χ1v) is 12.7. The van der Waals surface area contributed by atoms with Crippen molar-refractivity contribution in [3.8, 4) is 0 Å². The molecule has 0 aliphatic rings. The third-order valence-corrected chi connectivity index (χ3v) is 6.53. The van der Waals surface area contributed by atoms with Crippen LogP contribution in [0.5, 0.6) is 0 Å². The molecule has 1 aromatic heterocycles. The highest BCUT2D eigenvalue weighted by Crippen LogP contribution is 2.27. The van der Waals surface area contributed by atoms with Crippen molar-refractivity contribution >= 4 is 62.8 Å². The molecular formula is C28H24BrClN6O2. The molecule has 38 heavy (non-hydrogen) atoms. The van der Waals surface area contributed by atoms with Gasteiger partial charge in [0.05, 0.1) is 10.2 Å². The van der Waals surface area contributed by atoms with Crippen LogP contribution in [-0.4, -0.2) is 34.4 Å². The highest BCUT2D eigenvalue weighted by molar-refractivity contribution is 9.10. The molecule has 3 aromatic carbocycles. The van der Waals surface area contributed by atoms with Crippen molar-refractivity contribution in [1.82, 2.24) is 15.5 Å². The number of rotatable bonds is 10. The Morgan fingerprint density at radius 1 is 1.05 bits per heavy atom. The molecule has 8 nitrogen and oxygen atoms in total. The van der Waals surface area contributed by atoms with Crippen molar-refractivity contribution in [2.75, 3.05) is 10.6 Å². The normalized spacial score (nSPS) is 11.9. The van der Waals surface area contributed by atoms with Crippen LogP contribution in [0.15, 0.2) is 94.9 Å². The maximum atomic E-state index is 13.1. The number of hydrogen-bond donors (Lipinski definition) is 4. The standard InChI is InChI=1S/C28H24BrClN6O2/c1-17(19-12-14-21(30)15-13-19)32-27-24(29)26(35-36-27)28(38)34-18(2)33-25(20-8-4-3-5-9-20)22-10-6-7-11-23(22)31-16-37/h3-16,18H,1H2,2H3,(H,31,37)(H,34,38)(H2,32,35,36)/b33-25-. The molecule has 192 valence electrons. The van der Waals surface area contributed by atoms with E-state index >= 15 is 0 Å². The minimum Gasteiger partial charge on any atom is -0.338 e. The third kappa shape index (κ3) is 6.37. The van der Waals surface area contributed by atoms with Crippen LogP contribution in [0.25, 0.3) is 5.70 Å². The third-order valence-electron chi connectivity index (χ3n) is 5.50. The largest absolute Gasteiger partial charge is 0.338 e. The Kier molecular flexibility index (Phi) is 8.73. The smallest absolute Gasteiger partial charge is 0.272 e. The van der Waals surface area contributed by atoms with Crippen molar-refractivity contribution in [3.05, 3.63) is 117 Å². The van der Waals surface area contributed by atoms with E-state index in [0.29, 0.717) is 38.8 Å². The Bertz CT molecular complexity index is 1480. The van der Waals surface area contributed by atoms with Gasteiger partial charge in [-0.15, -0.1) is 0 Å². The van der Waals surface area contributed by atoms with Crippen molar-refractivity contribution in [2.24, 2.45) is 4.99 Å². The van der Waals surface area contributed by atoms with Crippen LogP contribution in [0, 0.1) is 0 Å². The van der Waals surface area contributed by atoms with E-state index < -0.39 is 12.1 Å². The summed E-state index contributed by atoms with van der Waals surface area (Å²) in [6.45, 7) is 5.80. The molecule has 2 amide bonds. The number of aliphatic imine (C=N–C) groups is 1. The van der Waals surface area contributed by atoms with Crippen LogP contribution in [0.1, 0.15) is 34.1 Å². The first kappa shape index (κ1) is 26.8. The molecule has 1 unspecified atom stereocenters. The van der Waals surface area contributed by atoms with Gasteiger partial charge in [0.15, 0.2) is 5.82 Å². The minimum atomic E-state index is -0.613. The second-order valence-corrected chi connectivity index (χ2v) is 9.40. The summed E-state index contributed by atoms with van der Waals surface area (Å²) >= 11 is 9.41. The second-order valence-electron chi connectivity index (χ2n) is 8.17. The van der Waals surface area contributed by atoms with E-state index in [0.717, 1.165) is 16.7 Å². The number of carbonyl (C=O) groups is 2. The van der Waals surface area contributed by atoms with Gasteiger partial charge in [0, 0.05) is 27.5 Å². The number of aromatic nitrogens is 2. The van der Waals surface area contributed by atoms with E-state index in [4.69, 9.17) is 16.6 Å². The quantitative estimate of drug-likeness (QED) is 0.132. The summed E-state index contributed by atoms with van der Waals surface area (Å²) in [6.07, 6.45) is 0.00737. The van der Waals surface area contributed by atoms with Crippen LogP contribution in [0.4, 0.5) is 11.5 Å².